The van der Waals surface area contributed by atoms with Gasteiger partial charge < -0.3 is 11.5 Å². The summed E-state index contributed by atoms with van der Waals surface area (Å²) in [6.45, 7) is 0. The number of hydrogen-bond donors (Lipinski definition) is 2. The molecule has 4 N–H and O–H groups in total. The third-order valence-corrected chi connectivity index (χ3v) is 2.86. The zero-order valence-electron chi connectivity index (χ0n) is 10.1. The van der Waals surface area contributed by atoms with Crippen LogP contribution in [0.1, 0.15) is 11.4 Å². The number of nitrogens with zero attached hydrogens (tertiary/aromatic N) is 2. The summed E-state index contributed by atoms with van der Waals surface area (Å²) in [5.41, 5.74) is 14.4. The molecular weight excluding hydrogens is 304 g/mol. The average Bonchev–Trinajstić information content (AvgIpc) is 2.45. The quantitative estimate of drug-likeness (QED) is 0.673. The van der Waals surface area contributed by atoms with Gasteiger partial charge in [0.1, 0.15) is 4.60 Å². The van der Waals surface area contributed by atoms with E-state index in [-0.39, 0.29) is 0 Å². The molecule has 0 aromatic carbocycles. The highest BCUT2D eigenvalue weighted by Gasteiger charge is 1.99. The molecule has 5 heteroatoms. The average molecular weight is 317 g/mol. The smallest absolute Gasteiger partial charge is 0.106 e. The van der Waals surface area contributed by atoms with Crippen LogP contribution in [0.2, 0.25) is 0 Å². The third kappa shape index (κ3) is 3.66. The van der Waals surface area contributed by atoms with Crippen molar-refractivity contribution in [1.82, 2.24) is 9.97 Å². The van der Waals surface area contributed by atoms with Crippen LogP contribution in [0.3, 0.4) is 0 Å². The Bertz CT molecular complexity index is 620. The summed E-state index contributed by atoms with van der Waals surface area (Å²) < 4.78 is 0.739. The minimum atomic E-state index is 0.542. The summed E-state index contributed by atoms with van der Waals surface area (Å²) >= 11 is 3.30. The van der Waals surface area contributed by atoms with E-state index in [1.54, 1.807) is 18.3 Å². The molecule has 2 aromatic rings. The maximum atomic E-state index is 5.95. The van der Waals surface area contributed by atoms with Crippen molar-refractivity contribution in [3.63, 3.8) is 0 Å². The minimum absolute atomic E-state index is 0.542. The van der Waals surface area contributed by atoms with Gasteiger partial charge in [0.05, 0.1) is 22.8 Å². The minimum Gasteiger partial charge on any atom is -0.397 e. The van der Waals surface area contributed by atoms with Gasteiger partial charge in [0.25, 0.3) is 0 Å². The number of hydrogen-bond acceptors (Lipinski definition) is 4. The van der Waals surface area contributed by atoms with Crippen molar-refractivity contribution in [2.45, 2.75) is 0 Å². The second-order valence-electron chi connectivity index (χ2n) is 3.80. The van der Waals surface area contributed by atoms with Crippen LogP contribution in [0.15, 0.2) is 59.4 Å². The summed E-state index contributed by atoms with van der Waals surface area (Å²) in [4.78, 5) is 8.42. The van der Waals surface area contributed by atoms with Crippen LogP contribution in [0.4, 0.5) is 0 Å². The van der Waals surface area contributed by atoms with Crippen LogP contribution >= 0.6 is 15.9 Å². The second-order valence-corrected chi connectivity index (χ2v) is 4.62. The molecule has 0 aliphatic rings. The Hall–Kier alpha value is -2.14. The molecule has 4 nitrogen and oxygen atoms in total. The van der Waals surface area contributed by atoms with Crippen molar-refractivity contribution in [2.75, 3.05) is 0 Å². The maximum Gasteiger partial charge on any atom is 0.106 e. The second kappa shape index (κ2) is 6.15. The van der Waals surface area contributed by atoms with Crippen molar-refractivity contribution in [3.05, 3.63) is 70.7 Å². The number of allylic oxidation sites excluding steroid dienone is 2. The van der Waals surface area contributed by atoms with Crippen LogP contribution < -0.4 is 11.5 Å². The van der Waals surface area contributed by atoms with Gasteiger partial charge in [-0.3, -0.25) is 4.98 Å². The Morgan fingerprint density at radius 1 is 0.947 bits per heavy atom. The predicted molar refractivity (Wildman–Crippen MR) is 80.5 cm³/mol. The first-order chi connectivity index (χ1) is 9.16. The molecule has 0 unspecified atom stereocenters. The Kier molecular flexibility index (Phi) is 4.30. The molecule has 0 spiro atoms. The highest BCUT2D eigenvalue weighted by Crippen LogP contribution is 2.12. The van der Waals surface area contributed by atoms with Crippen LogP contribution in [-0.2, 0) is 0 Å². The lowest BCUT2D eigenvalue weighted by Crippen LogP contribution is -2.01. The van der Waals surface area contributed by atoms with E-state index >= 15 is 0 Å². The van der Waals surface area contributed by atoms with E-state index in [9.17, 15) is 0 Å². The molecule has 0 saturated carbocycles. The summed E-state index contributed by atoms with van der Waals surface area (Å²) in [6, 6.07) is 11.1. The van der Waals surface area contributed by atoms with Crippen LogP contribution in [-0.4, -0.2) is 9.97 Å². The molecular formula is C14H13BrN4. The van der Waals surface area contributed by atoms with E-state index in [0.717, 1.165) is 4.60 Å². The molecule has 0 fully saturated rings. The first-order valence-electron chi connectivity index (χ1n) is 5.64. The third-order valence-electron chi connectivity index (χ3n) is 2.41. The van der Waals surface area contributed by atoms with E-state index in [1.165, 1.54) is 0 Å². The van der Waals surface area contributed by atoms with Gasteiger partial charge in [0.15, 0.2) is 0 Å². The molecule has 0 bridgehead atoms. The molecule has 0 amide bonds. The largest absolute Gasteiger partial charge is 0.397 e. The van der Waals surface area contributed by atoms with Gasteiger partial charge in [-0.1, -0.05) is 12.1 Å². The lowest BCUT2D eigenvalue weighted by molar-refractivity contribution is 1.22. The topological polar surface area (TPSA) is 77.8 Å². The van der Waals surface area contributed by atoms with E-state index in [2.05, 4.69) is 25.9 Å². The molecule has 96 valence electrons. The molecule has 2 aromatic heterocycles. The number of halogens is 1. The number of rotatable bonds is 3. The Balaban J connectivity index is 2.22. The number of nitrogens with two attached hydrogens (primary N) is 2. The fraction of sp³-hybridized carbons (Fsp3) is 0. The molecule has 0 aliphatic heterocycles. The van der Waals surface area contributed by atoms with E-state index < -0.39 is 0 Å². The van der Waals surface area contributed by atoms with Crippen molar-refractivity contribution in [3.8, 4) is 0 Å². The molecule has 0 atom stereocenters. The maximum absolute atomic E-state index is 5.95. The van der Waals surface area contributed by atoms with Gasteiger partial charge in [-0.15, -0.1) is 0 Å². The predicted octanol–water partition coefficient (Wildman–Crippen LogP) is 2.54. The van der Waals surface area contributed by atoms with E-state index in [0.29, 0.717) is 22.8 Å². The number of pyridine rings is 2. The summed E-state index contributed by atoms with van der Waals surface area (Å²) in [5.74, 6) is 0. The van der Waals surface area contributed by atoms with Gasteiger partial charge in [0, 0.05) is 6.20 Å². The normalized spacial score (nSPS) is 12.5. The highest BCUT2D eigenvalue weighted by molar-refractivity contribution is 9.10. The zero-order chi connectivity index (χ0) is 13.7. The molecule has 0 radical (unpaired) electrons. The van der Waals surface area contributed by atoms with Crippen LogP contribution in [0.25, 0.3) is 11.4 Å². The van der Waals surface area contributed by atoms with E-state index in [1.807, 2.05) is 36.4 Å². The van der Waals surface area contributed by atoms with Gasteiger partial charge in [-0.25, -0.2) is 4.98 Å². The Morgan fingerprint density at radius 3 is 2.26 bits per heavy atom. The molecule has 19 heavy (non-hydrogen) atoms. The highest BCUT2D eigenvalue weighted by atomic mass is 79.9. The van der Waals surface area contributed by atoms with Gasteiger partial charge in [-0.2, -0.15) is 0 Å². The Morgan fingerprint density at radius 2 is 1.63 bits per heavy atom. The molecule has 2 rings (SSSR count). The standard InChI is InChI=1S/C14H13BrN4/c15-14-6-3-5-13(19-14)11(17)8-7-10(16)12-4-1-2-9-18-12/h1-9H,16-17H2/b10-7-,11-8-. The monoisotopic (exact) mass is 316 g/mol. The van der Waals surface area contributed by atoms with Crippen molar-refractivity contribution >= 4 is 27.3 Å². The summed E-state index contributed by atoms with van der Waals surface area (Å²) in [5, 5.41) is 0. The SMILES string of the molecule is N/C(=C\C=C(/N)c1cccc(Br)n1)c1ccccn1. The summed E-state index contributed by atoms with van der Waals surface area (Å²) in [7, 11) is 0. The zero-order valence-corrected chi connectivity index (χ0v) is 11.7. The van der Waals surface area contributed by atoms with E-state index in [4.69, 9.17) is 11.5 Å². The molecule has 0 aliphatic carbocycles. The fourth-order valence-electron chi connectivity index (χ4n) is 1.45. The lowest BCUT2D eigenvalue weighted by Gasteiger charge is -2.01. The Labute approximate surface area is 120 Å². The lowest BCUT2D eigenvalue weighted by atomic mass is 10.2. The first kappa shape index (κ1) is 13.3. The molecule has 0 saturated heterocycles. The first-order valence-corrected chi connectivity index (χ1v) is 6.43. The van der Waals surface area contributed by atoms with Gasteiger partial charge in [-0.05, 0) is 52.3 Å². The van der Waals surface area contributed by atoms with Gasteiger partial charge in [0.2, 0.25) is 0 Å². The van der Waals surface area contributed by atoms with Crippen molar-refractivity contribution < 1.29 is 0 Å². The molecule has 2 heterocycles. The van der Waals surface area contributed by atoms with Crippen LogP contribution in [0.5, 0.6) is 0 Å². The number of aromatic nitrogens is 2. The summed E-state index contributed by atoms with van der Waals surface area (Å²) in [6.07, 6.45) is 5.14. The van der Waals surface area contributed by atoms with Crippen molar-refractivity contribution in [2.24, 2.45) is 11.5 Å². The van der Waals surface area contributed by atoms with Crippen molar-refractivity contribution in [1.29, 1.82) is 0 Å². The van der Waals surface area contributed by atoms with Gasteiger partial charge >= 0.3 is 0 Å². The fourth-order valence-corrected chi connectivity index (χ4v) is 1.80. The van der Waals surface area contributed by atoms with Crippen LogP contribution in [0, 0.1) is 0 Å².